The second-order valence-corrected chi connectivity index (χ2v) is 3.67. The quantitative estimate of drug-likeness (QED) is 0.696. The van der Waals surface area contributed by atoms with E-state index >= 15 is 0 Å². The molecule has 0 unspecified atom stereocenters. The van der Waals surface area contributed by atoms with E-state index in [0.717, 1.165) is 5.92 Å². The van der Waals surface area contributed by atoms with Gasteiger partial charge in [-0.1, -0.05) is 0 Å². The number of hydrogen-bond acceptors (Lipinski definition) is 3. The van der Waals surface area contributed by atoms with E-state index in [0.29, 0.717) is 11.5 Å². The number of amides is 1. The smallest absolute Gasteiger partial charge is 0.213 e. The Balaban J connectivity index is 2.11. The van der Waals surface area contributed by atoms with Gasteiger partial charge in [-0.3, -0.25) is 4.79 Å². The minimum absolute atomic E-state index is 0.662. The van der Waals surface area contributed by atoms with Crippen molar-refractivity contribution in [3.05, 3.63) is 11.1 Å². The Bertz CT molecular complexity index is 267. The van der Waals surface area contributed by atoms with Crippen molar-refractivity contribution in [2.75, 3.05) is 5.32 Å². The van der Waals surface area contributed by atoms with Crippen LogP contribution in [-0.2, 0) is 4.79 Å². The minimum atomic E-state index is 0.662. The number of thiazole rings is 1. The summed E-state index contributed by atoms with van der Waals surface area (Å²) in [4.78, 5) is 15.4. The first-order valence-corrected chi connectivity index (χ1v) is 4.37. The average Bonchev–Trinajstić information content (AvgIpc) is 2.75. The summed E-state index contributed by atoms with van der Waals surface area (Å²) in [5, 5.41) is 3.25. The molecule has 0 aliphatic heterocycles. The van der Waals surface area contributed by atoms with Gasteiger partial charge in [0.2, 0.25) is 6.41 Å². The Morgan fingerprint density at radius 3 is 3.18 bits per heavy atom. The van der Waals surface area contributed by atoms with Crippen LogP contribution in [0.5, 0.6) is 0 Å². The molecule has 0 saturated heterocycles. The third-order valence-electron chi connectivity index (χ3n) is 1.69. The van der Waals surface area contributed by atoms with E-state index in [-0.39, 0.29) is 0 Å². The Labute approximate surface area is 68.5 Å². The maximum atomic E-state index is 10.0. The largest absolute Gasteiger partial charge is 0.305 e. The van der Waals surface area contributed by atoms with E-state index < -0.39 is 0 Å². The fourth-order valence-electron chi connectivity index (χ4n) is 0.960. The summed E-state index contributed by atoms with van der Waals surface area (Å²) in [6.45, 7) is 0. The van der Waals surface area contributed by atoms with Gasteiger partial charge in [0.25, 0.3) is 0 Å². The number of carbonyl (C=O) groups excluding carboxylic acids is 1. The summed E-state index contributed by atoms with van der Waals surface area (Å²) >= 11 is 1.57. The van der Waals surface area contributed by atoms with Crippen LogP contribution < -0.4 is 5.32 Å². The maximum Gasteiger partial charge on any atom is 0.213 e. The molecule has 1 N–H and O–H groups in total. The van der Waals surface area contributed by atoms with Crippen LogP contribution in [0.25, 0.3) is 0 Å². The van der Waals surface area contributed by atoms with E-state index in [1.807, 2.05) is 6.20 Å². The third kappa shape index (κ3) is 1.40. The molecule has 0 spiro atoms. The Morgan fingerprint density at radius 1 is 1.73 bits per heavy atom. The molecular formula is C7H8N2OS. The number of rotatable bonds is 3. The molecule has 1 amide bonds. The van der Waals surface area contributed by atoms with Crippen LogP contribution in [0.1, 0.15) is 23.6 Å². The van der Waals surface area contributed by atoms with Gasteiger partial charge in [-0.05, 0) is 18.8 Å². The monoisotopic (exact) mass is 168 g/mol. The van der Waals surface area contributed by atoms with Crippen LogP contribution >= 0.6 is 11.3 Å². The van der Waals surface area contributed by atoms with Crippen LogP contribution in [0.3, 0.4) is 0 Å². The lowest BCUT2D eigenvalue weighted by Crippen LogP contribution is -1.90. The molecule has 0 radical (unpaired) electrons. The van der Waals surface area contributed by atoms with E-state index in [2.05, 4.69) is 10.3 Å². The molecule has 1 aromatic rings. The van der Waals surface area contributed by atoms with Gasteiger partial charge in [-0.2, -0.15) is 0 Å². The molecule has 3 nitrogen and oxygen atoms in total. The molecule has 0 aromatic carbocycles. The Kier molecular flexibility index (Phi) is 1.62. The van der Waals surface area contributed by atoms with Gasteiger partial charge in [-0.15, -0.1) is 11.3 Å². The van der Waals surface area contributed by atoms with E-state index in [4.69, 9.17) is 0 Å². The van der Waals surface area contributed by atoms with Crippen molar-refractivity contribution in [3.8, 4) is 0 Å². The van der Waals surface area contributed by atoms with Gasteiger partial charge in [-0.25, -0.2) is 4.98 Å². The molecule has 0 atom stereocenters. The molecule has 1 saturated carbocycles. The summed E-state index contributed by atoms with van der Waals surface area (Å²) in [5.41, 5.74) is 0. The van der Waals surface area contributed by atoms with Crippen molar-refractivity contribution in [2.45, 2.75) is 18.8 Å². The van der Waals surface area contributed by atoms with Crippen molar-refractivity contribution in [1.29, 1.82) is 0 Å². The van der Waals surface area contributed by atoms with E-state index in [1.54, 1.807) is 11.3 Å². The second-order valence-electron chi connectivity index (χ2n) is 2.60. The second kappa shape index (κ2) is 2.62. The van der Waals surface area contributed by atoms with Gasteiger partial charge in [0.1, 0.15) is 0 Å². The van der Waals surface area contributed by atoms with Gasteiger partial charge in [0, 0.05) is 11.1 Å². The summed E-state index contributed by atoms with van der Waals surface area (Å²) in [6.07, 6.45) is 5.08. The number of nitrogens with one attached hydrogen (secondary N) is 1. The molecule has 1 aliphatic rings. The molecular weight excluding hydrogens is 160 g/mol. The highest BCUT2D eigenvalue weighted by molar-refractivity contribution is 7.15. The number of aromatic nitrogens is 1. The van der Waals surface area contributed by atoms with E-state index in [9.17, 15) is 4.79 Å². The van der Waals surface area contributed by atoms with Crippen molar-refractivity contribution in [2.24, 2.45) is 0 Å². The predicted octanol–water partition coefficient (Wildman–Crippen LogP) is 1.59. The zero-order chi connectivity index (χ0) is 7.68. The van der Waals surface area contributed by atoms with Crippen LogP contribution in [0.4, 0.5) is 5.13 Å². The fourth-order valence-corrected chi connectivity index (χ4v) is 1.90. The fraction of sp³-hybridized carbons (Fsp3) is 0.429. The van der Waals surface area contributed by atoms with Gasteiger partial charge in [0.15, 0.2) is 5.13 Å². The molecule has 2 rings (SSSR count). The first-order valence-electron chi connectivity index (χ1n) is 3.56. The first kappa shape index (κ1) is 6.79. The van der Waals surface area contributed by atoms with Crippen molar-refractivity contribution in [1.82, 2.24) is 4.98 Å². The van der Waals surface area contributed by atoms with Crippen LogP contribution in [0.2, 0.25) is 0 Å². The SMILES string of the molecule is O=CNc1ncc(C2CC2)s1. The lowest BCUT2D eigenvalue weighted by molar-refractivity contribution is -0.105. The Morgan fingerprint density at radius 2 is 2.55 bits per heavy atom. The molecule has 1 aromatic heterocycles. The van der Waals surface area contributed by atoms with Gasteiger partial charge in [0.05, 0.1) is 0 Å². The minimum Gasteiger partial charge on any atom is -0.305 e. The van der Waals surface area contributed by atoms with Crippen molar-refractivity contribution in [3.63, 3.8) is 0 Å². The van der Waals surface area contributed by atoms with Crippen LogP contribution in [0, 0.1) is 0 Å². The average molecular weight is 168 g/mol. The summed E-state index contributed by atoms with van der Waals surface area (Å²) in [6, 6.07) is 0. The molecule has 0 bridgehead atoms. The molecule has 4 heteroatoms. The number of carbonyl (C=O) groups is 1. The number of nitrogens with zero attached hydrogens (tertiary/aromatic N) is 1. The standard InChI is InChI=1S/C7H8N2OS/c10-4-9-7-8-3-6(11-7)5-1-2-5/h3-5H,1-2H2,(H,8,9,10). The van der Waals surface area contributed by atoms with Crippen LogP contribution in [-0.4, -0.2) is 11.4 Å². The zero-order valence-electron chi connectivity index (χ0n) is 5.91. The van der Waals surface area contributed by atoms with Crippen molar-refractivity contribution >= 4 is 22.9 Å². The van der Waals surface area contributed by atoms with Gasteiger partial charge >= 0.3 is 0 Å². The number of hydrogen-bond donors (Lipinski definition) is 1. The topological polar surface area (TPSA) is 42.0 Å². The molecule has 1 heterocycles. The molecule has 11 heavy (non-hydrogen) atoms. The van der Waals surface area contributed by atoms with E-state index in [1.165, 1.54) is 17.7 Å². The summed E-state index contributed by atoms with van der Waals surface area (Å²) < 4.78 is 0. The Hall–Kier alpha value is -0.900. The highest BCUT2D eigenvalue weighted by atomic mass is 32.1. The zero-order valence-corrected chi connectivity index (χ0v) is 6.73. The lowest BCUT2D eigenvalue weighted by atomic mass is 10.4. The third-order valence-corrected chi connectivity index (χ3v) is 2.78. The first-order chi connectivity index (χ1) is 5.40. The summed E-state index contributed by atoms with van der Waals surface area (Å²) in [7, 11) is 0. The van der Waals surface area contributed by atoms with Crippen LogP contribution in [0.15, 0.2) is 6.20 Å². The highest BCUT2D eigenvalue weighted by Gasteiger charge is 2.25. The maximum absolute atomic E-state index is 10.0. The predicted molar refractivity (Wildman–Crippen MR) is 43.8 cm³/mol. The molecule has 1 fully saturated rings. The lowest BCUT2D eigenvalue weighted by Gasteiger charge is -1.86. The normalized spacial score (nSPS) is 16.4. The van der Waals surface area contributed by atoms with Gasteiger partial charge < -0.3 is 5.32 Å². The van der Waals surface area contributed by atoms with Crippen molar-refractivity contribution < 1.29 is 4.79 Å². The highest BCUT2D eigenvalue weighted by Crippen LogP contribution is 2.43. The summed E-state index contributed by atoms with van der Waals surface area (Å²) in [5.74, 6) is 0.731. The molecule has 58 valence electrons. The number of anilines is 1. The molecule has 1 aliphatic carbocycles.